The third kappa shape index (κ3) is 5.73. The zero-order valence-electron chi connectivity index (χ0n) is 20.2. The van der Waals surface area contributed by atoms with Crippen LogP contribution in [-0.4, -0.2) is 65.8 Å². The molecular formula is C28H28N4O5. The number of pyridine rings is 1. The summed E-state index contributed by atoms with van der Waals surface area (Å²) in [5, 5.41) is 13.4. The number of phenols is 1. The fourth-order valence-electron chi connectivity index (χ4n) is 4.46. The van der Waals surface area contributed by atoms with Crippen LogP contribution in [0.15, 0.2) is 60.8 Å². The lowest BCUT2D eigenvalue weighted by Gasteiger charge is -2.26. The number of ether oxygens (including phenoxy) is 2. The van der Waals surface area contributed by atoms with Gasteiger partial charge in [0.05, 0.1) is 19.8 Å². The molecular weight excluding hydrogens is 472 g/mol. The van der Waals surface area contributed by atoms with E-state index in [1.165, 1.54) is 6.08 Å². The summed E-state index contributed by atoms with van der Waals surface area (Å²) in [5.41, 5.74) is 9.63. The molecule has 0 saturated carbocycles. The zero-order valence-corrected chi connectivity index (χ0v) is 20.2. The van der Waals surface area contributed by atoms with Crippen molar-refractivity contribution in [2.45, 2.75) is 12.5 Å². The van der Waals surface area contributed by atoms with Crippen LogP contribution < -0.4 is 15.8 Å². The highest BCUT2D eigenvalue weighted by Gasteiger charge is 2.27. The highest BCUT2D eigenvalue weighted by Crippen LogP contribution is 2.40. The molecule has 2 aliphatic heterocycles. The van der Waals surface area contributed by atoms with Crippen LogP contribution in [0, 0.1) is 0 Å². The number of anilines is 1. The monoisotopic (exact) mass is 500 g/mol. The average Bonchev–Trinajstić information content (AvgIpc) is 3.35. The summed E-state index contributed by atoms with van der Waals surface area (Å²) in [4.78, 5) is 30.6. The molecule has 190 valence electrons. The molecule has 0 spiro atoms. The fourth-order valence-corrected chi connectivity index (χ4v) is 4.46. The summed E-state index contributed by atoms with van der Waals surface area (Å²) in [6, 6.07) is 14.4. The molecule has 1 aromatic heterocycles. The maximum Gasteiger partial charge on any atom is 0.254 e. The van der Waals surface area contributed by atoms with Gasteiger partial charge >= 0.3 is 0 Å². The second kappa shape index (κ2) is 10.7. The van der Waals surface area contributed by atoms with Crippen molar-refractivity contribution in [2.24, 2.45) is 0 Å². The van der Waals surface area contributed by atoms with Gasteiger partial charge in [-0.25, -0.2) is 4.98 Å². The van der Waals surface area contributed by atoms with Crippen molar-refractivity contribution in [1.29, 1.82) is 0 Å². The van der Waals surface area contributed by atoms with Crippen LogP contribution >= 0.6 is 0 Å². The predicted octanol–water partition coefficient (Wildman–Crippen LogP) is 2.64. The lowest BCUT2D eigenvalue weighted by atomic mass is 9.99. The van der Waals surface area contributed by atoms with Crippen molar-refractivity contribution in [2.75, 3.05) is 38.6 Å². The highest BCUT2D eigenvalue weighted by atomic mass is 16.5. The maximum atomic E-state index is 12.7. The first kappa shape index (κ1) is 24.3. The van der Waals surface area contributed by atoms with Crippen molar-refractivity contribution >= 4 is 23.7 Å². The largest absolute Gasteiger partial charge is 0.504 e. The number of hydrogen-bond donors (Lipinski definition) is 3. The van der Waals surface area contributed by atoms with Gasteiger partial charge in [-0.3, -0.25) is 9.59 Å². The Bertz CT molecular complexity index is 1330. The number of carbonyl (C=O) groups is 2. The number of carbonyl (C=O) groups excluding carboxylic acids is 2. The van der Waals surface area contributed by atoms with E-state index in [9.17, 15) is 14.7 Å². The molecule has 5 rings (SSSR count). The quantitative estimate of drug-likeness (QED) is 0.444. The first-order valence-corrected chi connectivity index (χ1v) is 12.1. The number of nitrogens with two attached hydrogens (primary N) is 1. The van der Waals surface area contributed by atoms with Crippen molar-refractivity contribution in [3.8, 4) is 22.6 Å². The van der Waals surface area contributed by atoms with Gasteiger partial charge in [0.2, 0.25) is 5.91 Å². The van der Waals surface area contributed by atoms with Crippen LogP contribution in [0.2, 0.25) is 0 Å². The Balaban J connectivity index is 1.20. The van der Waals surface area contributed by atoms with E-state index in [4.69, 9.17) is 15.2 Å². The number of morpholine rings is 1. The third-order valence-electron chi connectivity index (χ3n) is 6.38. The first-order valence-electron chi connectivity index (χ1n) is 12.1. The Labute approximate surface area is 214 Å². The van der Waals surface area contributed by atoms with E-state index in [0.29, 0.717) is 56.4 Å². The van der Waals surface area contributed by atoms with Gasteiger partial charge in [-0.2, -0.15) is 0 Å². The molecule has 1 fully saturated rings. The average molecular weight is 501 g/mol. The number of aromatic nitrogens is 1. The van der Waals surface area contributed by atoms with Crippen LogP contribution in [0.5, 0.6) is 11.5 Å². The molecule has 3 aromatic rings. The summed E-state index contributed by atoms with van der Waals surface area (Å²) in [6.07, 6.45) is 4.93. The van der Waals surface area contributed by atoms with E-state index in [-0.39, 0.29) is 23.7 Å². The van der Waals surface area contributed by atoms with Gasteiger partial charge in [-0.1, -0.05) is 12.1 Å². The SMILES string of the molecule is Nc1cc(/C=C/C(=O)NCC2Cc3cc(-c4ccc(C(=O)N5CCOCC5)cc4)cc(O)c3O2)ccn1. The lowest BCUT2D eigenvalue weighted by Crippen LogP contribution is -2.40. The Morgan fingerprint density at radius 2 is 1.89 bits per heavy atom. The van der Waals surface area contributed by atoms with Gasteiger partial charge in [-0.15, -0.1) is 0 Å². The molecule has 1 saturated heterocycles. The molecule has 0 bridgehead atoms. The molecule has 2 aromatic carbocycles. The van der Waals surface area contributed by atoms with E-state index in [1.807, 2.05) is 18.2 Å². The van der Waals surface area contributed by atoms with Crippen molar-refractivity contribution in [3.05, 3.63) is 77.5 Å². The second-order valence-corrected chi connectivity index (χ2v) is 9.00. The lowest BCUT2D eigenvalue weighted by molar-refractivity contribution is -0.116. The number of aromatic hydroxyl groups is 1. The molecule has 9 nitrogen and oxygen atoms in total. The van der Waals surface area contributed by atoms with E-state index >= 15 is 0 Å². The molecule has 37 heavy (non-hydrogen) atoms. The second-order valence-electron chi connectivity index (χ2n) is 9.00. The smallest absolute Gasteiger partial charge is 0.254 e. The number of amides is 2. The van der Waals surface area contributed by atoms with Gasteiger partial charge in [0, 0.05) is 42.9 Å². The predicted molar refractivity (Wildman–Crippen MR) is 139 cm³/mol. The van der Waals surface area contributed by atoms with Crippen LogP contribution in [0.4, 0.5) is 5.82 Å². The van der Waals surface area contributed by atoms with E-state index in [2.05, 4.69) is 10.3 Å². The van der Waals surface area contributed by atoms with Gasteiger partial charge in [-0.05, 0) is 59.2 Å². The molecule has 9 heteroatoms. The topological polar surface area (TPSA) is 127 Å². The standard InChI is InChI=1S/C28H28N4O5/c29-25-13-18(7-8-30-25)1-6-26(34)31-17-23-15-22-14-21(16-24(33)27(22)37-23)19-2-4-20(5-3-19)28(35)32-9-11-36-12-10-32/h1-8,13-14,16,23,33H,9-12,15,17H2,(H2,29,30)(H,31,34)/b6-1+. The summed E-state index contributed by atoms with van der Waals surface area (Å²) in [5.74, 6) is 0.599. The summed E-state index contributed by atoms with van der Waals surface area (Å²) < 4.78 is 11.2. The third-order valence-corrected chi connectivity index (χ3v) is 6.38. The van der Waals surface area contributed by atoms with Crippen LogP contribution in [-0.2, 0) is 16.0 Å². The number of phenolic OH excluding ortho intramolecular Hbond substituents is 1. The van der Waals surface area contributed by atoms with Gasteiger partial charge in [0.1, 0.15) is 11.9 Å². The minimum Gasteiger partial charge on any atom is -0.504 e. The number of nitrogens with one attached hydrogen (secondary N) is 1. The number of nitrogens with zero attached hydrogens (tertiary/aromatic N) is 2. The number of fused-ring (bicyclic) bond motifs is 1. The Morgan fingerprint density at radius 1 is 1.11 bits per heavy atom. The summed E-state index contributed by atoms with van der Waals surface area (Å²) in [6.45, 7) is 2.60. The maximum absolute atomic E-state index is 12.7. The van der Waals surface area contributed by atoms with Crippen molar-refractivity contribution < 1.29 is 24.2 Å². The number of hydrogen-bond acceptors (Lipinski definition) is 7. The fraction of sp³-hybridized carbons (Fsp3) is 0.250. The zero-order chi connectivity index (χ0) is 25.8. The molecule has 3 heterocycles. The normalized spacial score (nSPS) is 16.9. The van der Waals surface area contributed by atoms with E-state index in [0.717, 1.165) is 22.3 Å². The van der Waals surface area contributed by atoms with Crippen LogP contribution in [0.1, 0.15) is 21.5 Å². The Kier molecular flexibility index (Phi) is 7.04. The van der Waals surface area contributed by atoms with Gasteiger partial charge in [0.15, 0.2) is 11.5 Å². The molecule has 2 amide bonds. The van der Waals surface area contributed by atoms with Crippen molar-refractivity contribution in [3.63, 3.8) is 0 Å². The Morgan fingerprint density at radius 3 is 2.65 bits per heavy atom. The number of rotatable bonds is 6. The number of benzene rings is 2. The van der Waals surface area contributed by atoms with E-state index < -0.39 is 0 Å². The highest BCUT2D eigenvalue weighted by molar-refractivity contribution is 5.95. The molecule has 1 unspecified atom stereocenters. The Hall–Kier alpha value is -4.37. The number of nitrogen functional groups attached to an aromatic ring is 1. The minimum absolute atomic E-state index is 0.00954. The molecule has 0 aliphatic carbocycles. The van der Waals surface area contributed by atoms with E-state index in [1.54, 1.807) is 47.5 Å². The van der Waals surface area contributed by atoms with Crippen molar-refractivity contribution in [1.82, 2.24) is 15.2 Å². The van der Waals surface area contributed by atoms with Crippen LogP contribution in [0.3, 0.4) is 0 Å². The molecule has 2 aliphatic rings. The molecule has 1 atom stereocenters. The summed E-state index contributed by atoms with van der Waals surface area (Å²) in [7, 11) is 0. The van der Waals surface area contributed by atoms with Crippen LogP contribution in [0.25, 0.3) is 17.2 Å². The van der Waals surface area contributed by atoms with Gasteiger partial charge in [0.25, 0.3) is 5.91 Å². The molecule has 4 N–H and O–H groups in total. The summed E-state index contributed by atoms with van der Waals surface area (Å²) >= 11 is 0. The van der Waals surface area contributed by atoms with Gasteiger partial charge < -0.3 is 30.5 Å². The minimum atomic E-state index is -0.293. The first-order chi connectivity index (χ1) is 18.0. The molecule has 0 radical (unpaired) electrons.